The number of fused-ring (bicyclic) bond motifs is 1. The maximum absolute atomic E-state index is 13.2. The normalized spacial score (nSPS) is 12.6. The van der Waals surface area contributed by atoms with Crippen LogP contribution in [0.1, 0.15) is 44.0 Å². The van der Waals surface area contributed by atoms with Gasteiger partial charge in [0.25, 0.3) is 5.69 Å². The van der Waals surface area contributed by atoms with Crippen molar-refractivity contribution in [3.8, 4) is 11.3 Å². The molecule has 2 N–H and O–H groups in total. The van der Waals surface area contributed by atoms with Gasteiger partial charge in [-0.25, -0.2) is 22.9 Å². The van der Waals surface area contributed by atoms with Crippen LogP contribution in [0.3, 0.4) is 0 Å². The Kier molecular flexibility index (Phi) is 9.56. The Bertz CT molecular complexity index is 1760. The third kappa shape index (κ3) is 8.23. The quantitative estimate of drug-likeness (QED) is 0.0668. The first-order valence-corrected chi connectivity index (χ1v) is 14.4. The maximum atomic E-state index is 13.2. The highest BCUT2D eigenvalue weighted by atomic mass is 32.2. The molecule has 0 saturated carbocycles. The minimum Gasteiger partial charge on any atom is -0.386 e. The van der Waals surface area contributed by atoms with Gasteiger partial charge >= 0.3 is 18.1 Å². The number of carbonyl (C=O) groups excluding carboxylic acids is 2. The van der Waals surface area contributed by atoms with Crippen molar-refractivity contribution >= 4 is 38.4 Å². The second-order valence-electron chi connectivity index (χ2n) is 9.53. The molecule has 11 nitrogen and oxygen atoms in total. The van der Waals surface area contributed by atoms with Gasteiger partial charge in [-0.1, -0.05) is 55.3 Å². The highest BCUT2D eigenvalue weighted by Crippen LogP contribution is 2.27. The van der Waals surface area contributed by atoms with Crippen LogP contribution in [0.15, 0.2) is 77.8 Å². The van der Waals surface area contributed by atoms with Gasteiger partial charge in [0, 0.05) is 24.1 Å². The summed E-state index contributed by atoms with van der Waals surface area (Å²) in [5.41, 5.74) is 0.994. The van der Waals surface area contributed by atoms with E-state index >= 15 is 0 Å². The Morgan fingerprint density at radius 1 is 1.00 bits per heavy atom. The molecule has 0 bridgehead atoms. The number of nitro benzene ring substituents is 1. The number of hydrogen-bond donors (Lipinski definition) is 2. The number of sulfonamides is 1. The number of nitro groups is 1. The molecule has 0 saturated heterocycles. The lowest BCUT2D eigenvalue weighted by atomic mass is 10.1. The van der Waals surface area contributed by atoms with Gasteiger partial charge in [0.1, 0.15) is 5.82 Å². The third-order valence-corrected chi connectivity index (χ3v) is 7.90. The van der Waals surface area contributed by atoms with Crippen LogP contribution in [0.4, 0.5) is 18.9 Å². The van der Waals surface area contributed by atoms with E-state index in [4.69, 9.17) is 0 Å². The number of non-ortho nitro benzene ring substituents is 1. The molecule has 4 rings (SSSR count). The van der Waals surface area contributed by atoms with Crippen molar-refractivity contribution < 1.29 is 40.8 Å². The number of nitrogens with one attached hydrogen (secondary N) is 2. The lowest BCUT2D eigenvalue weighted by molar-refractivity contribution is -0.385. The summed E-state index contributed by atoms with van der Waals surface area (Å²) in [5, 5.41) is 13.2. The summed E-state index contributed by atoms with van der Waals surface area (Å²) >= 11 is 0. The molecule has 0 fully saturated rings. The van der Waals surface area contributed by atoms with Gasteiger partial charge in [-0.15, -0.1) is 0 Å². The van der Waals surface area contributed by atoms with Gasteiger partial charge in [-0.3, -0.25) is 14.9 Å². The summed E-state index contributed by atoms with van der Waals surface area (Å²) < 4.78 is 69.5. The van der Waals surface area contributed by atoms with E-state index in [0.717, 1.165) is 28.5 Å². The highest BCUT2D eigenvalue weighted by molar-refractivity contribution is 7.89. The zero-order valence-electron chi connectivity index (χ0n) is 22.3. The number of aromatic nitrogens is 2. The van der Waals surface area contributed by atoms with Crippen LogP contribution in [-0.4, -0.2) is 41.4 Å². The van der Waals surface area contributed by atoms with Gasteiger partial charge < -0.3 is 9.72 Å². The molecule has 1 atom stereocenters. The third-order valence-electron chi connectivity index (χ3n) is 6.43. The minimum absolute atomic E-state index is 0.0782. The molecule has 3 aromatic carbocycles. The van der Waals surface area contributed by atoms with Gasteiger partial charge in [-0.2, -0.15) is 13.2 Å². The smallest absolute Gasteiger partial charge is 0.386 e. The molecule has 0 aliphatic heterocycles. The van der Waals surface area contributed by atoms with Crippen LogP contribution in [0, 0.1) is 10.1 Å². The number of carbonyl (C=O) groups is 2. The number of hydrogen-bond acceptors (Lipinski definition) is 8. The molecule has 4 aromatic rings. The molecule has 43 heavy (non-hydrogen) atoms. The molecule has 1 aromatic heterocycles. The van der Waals surface area contributed by atoms with Crippen molar-refractivity contribution in [2.24, 2.45) is 0 Å². The molecule has 226 valence electrons. The lowest BCUT2D eigenvalue weighted by Crippen LogP contribution is -2.29. The number of benzene rings is 3. The Balaban J connectivity index is 1.50. The zero-order chi connectivity index (χ0) is 31.2. The summed E-state index contributed by atoms with van der Waals surface area (Å²) in [6.45, 7) is 0. The number of rotatable bonds is 12. The number of alkyl halides is 3. The average molecular weight is 619 g/mol. The molecular weight excluding hydrogens is 593 g/mol. The van der Waals surface area contributed by atoms with Crippen molar-refractivity contribution in [3.05, 3.63) is 88.9 Å². The molecule has 15 heteroatoms. The molecule has 0 amide bonds. The van der Waals surface area contributed by atoms with Crippen LogP contribution in [-0.2, 0) is 24.3 Å². The monoisotopic (exact) mass is 618 g/mol. The van der Waals surface area contributed by atoms with Crippen LogP contribution < -0.4 is 4.72 Å². The molecule has 0 aliphatic rings. The van der Waals surface area contributed by atoms with E-state index in [-0.39, 0.29) is 30.0 Å². The van der Waals surface area contributed by atoms with Crippen molar-refractivity contribution in [3.63, 3.8) is 0 Å². The second-order valence-corrected chi connectivity index (χ2v) is 11.2. The number of nitrogens with zero attached hydrogens (tertiary/aromatic N) is 2. The predicted octanol–water partition coefficient (Wildman–Crippen LogP) is 5.74. The van der Waals surface area contributed by atoms with E-state index < -0.39 is 51.2 Å². The molecule has 0 unspecified atom stereocenters. The van der Waals surface area contributed by atoms with Gasteiger partial charge in [0.05, 0.1) is 27.8 Å². The standard InChI is InChI=1S/C28H25F3N4O7S/c29-28(30,31)27(37)42-25(36)12-3-1-2-11-23(34-43(40,41)22-10-6-9-21(16-22)35(38)39)26-32-17-24(33-26)20-14-13-18-7-4-5-8-19(18)15-20/h4-10,13-17,23,34H,1-3,11-12H2,(H,32,33)/t23-/m0/s1. The lowest BCUT2D eigenvalue weighted by Gasteiger charge is -2.17. The molecule has 0 radical (unpaired) electrons. The Labute approximate surface area is 243 Å². The first-order valence-electron chi connectivity index (χ1n) is 13.0. The molecule has 0 aliphatic carbocycles. The fourth-order valence-electron chi connectivity index (χ4n) is 4.30. The zero-order valence-corrected chi connectivity index (χ0v) is 23.2. The maximum Gasteiger partial charge on any atom is 0.491 e. The van der Waals surface area contributed by atoms with Gasteiger partial charge in [0.15, 0.2) is 0 Å². The van der Waals surface area contributed by atoms with Crippen LogP contribution in [0.2, 0.25) is 0 Å². The van der Waals surface area contributed by atoms with E-state index in [1.54, 1.807) is 6.20 Å². The van der Waals surface area contributed by atoms with E-state index in [2.05, 4.69) is 19.4 Å². The number of aromatic amines is 1. The van der Waals surface area contributed by atoms with E-state index in [0.29, 0.717) is 12.1 Å². The van der Waals surface area contributed by atoms with Crippen LogP contribution in [0.5, 0.6) is 0 Å². The van der Waals surface area contributed by atoms with Gasteiger partial charge in [-0.05, 0) is 35.7 Å². The first-order chi connectivity index (χ1) is 20.3. The predicted molar refractivity (Wildman–Crippen MR) is 148 cm³/mol. The minimum atomic E-state index is -5.28. The highest BCUT2D eigenvalue weighted by Gasteiger charge is 2.42. The number of esters is 2. The SMILES string of the molecule is O=C(CCCCC[C@H](NS(=O)(=O)c1cccc([N+](=O)[O-])c1)c1ncc(-c2ccc3ccccc3c2)[nH]1)OC(=O)C(F)(F)F. The second kappa shape index (κ2) is 13.1. The number of unbranched alkanes of at least 4 members (excludes halogenated alkanes) is 2. The van der Waals surface area contributed by atoms with Crippen LogP contribution >= 0.6 is 0 Å². The summed E-state index contributed by atoms with van der Waals surface area (Å²) in [6.07, 6.45) is -3.38. The van der Waals surface area contributed by atoms with E-state index in [9.17, 15) is 41.3 Å². The first kappa shape index (κ1) is 31.3. The van der Waals surface area contributed by atoms with Crippen LogP contribution in [0.25, 0.3) is 22.0 Å². The Morgan fingerprint density at radius 2 is 1.74 bits per heavy atom. The Morgan fingerprint density at radius 3 is 2.47 bits per heavy atom. The van der Waals surface area contributed by atoms with E-state index in [1.165, 1.54) is 12.1 Å². The summed E-state index contributed by atoms with van der Waals surface area (Å²) in [5.74, 6) is -3.66. The molecular formula is C28H25F3N4O7S. The average Bonchev–Trinajstić information content (AvgIpc) is 3.46. The van der Waals surface area contributed by atoms with Crippen molar-refractivity contribution in [1.82, 2.24) is 14.7 Å². The summed E-state index contributed by atoms with van der Waals surface area (Å²) in [4.78, 5) is 40.0. The van der Waals surface area contributed by atoms with Gasteiger partial charge in [0.2, 0.25) is 10.0 Å². The summed E-state index contributed by atoms with van der Waals surface area (Å²) in [7, 11) is -4.26. The number of ether oxygens (including phenoxy) is 1. The van der Waals surface area contributed by atoms with Crippen molar-refractivity contribution in [2.45, 2.75) is 49.2 Å². The fourth-order valence-corrected chi connectivity index (χ4v) is 5.57. The van der Waals surface area contributed by atoms with E-state index in [1.807, 2.05) is 42.5 Å². The topological polar surface area (TPSA) is 161 Å². The number of imidazole rings is 1. The van der Waals surface area contributed by atoms with Crippen molar-refractivity contribution in [1.29, 1.82) is 0 Å². The Hall–Kier alpha value is -4.63. The molecule has 1 heterocycles. The molecule has 0 spiro atoms. The van der Waals surface area contributed by atoms with Crippen molar-refractivity contribution in [2.75, 3.05) is 0 Å². The largest absolute Gasteiger partial charge is 0.491 e. The number of H-pyrrole nitrogens is 1. The summed E-state index contributed by atoms with van der Waals surface area (Å²) in [6, 6.07) is 17.1. The fraction of sp³-hybridized carbons (Fsp3) is 0.250. The number of halogens is 3.